The van der Waals surface area contributed by atoms with Crippen molar-refractivity contribution in [2.75, 3.05) is 39.3 Å². The van der Waals surface area contributed by atoms with Gasteiger partial charge in [0, 0.05) is 62.8 Å². The van der Waals surface area contributed by atoms with Crippen LogP contribution in [0.5, 0.6) is 5.75 Å². The maximum absolute atomic E-state index is 12.8. The van der Waals surface area contributed by atoms with Crippen molar-refractivity contribution < 1.29 is 17.9 Å². The zero-order chi connectivity index (χ0) is 21.0. The first kappa shape index (κ1) is 20.8. The van der Waals surface area contributed by atoms with E-state index in [0.717, 1.165) is 18.4 Å². The lowest BCUT2D eigenvalue weighted by Crippen LogP contribution is -2.53. The lowest BCUT2D eigenvalue weighted by Gasteiger charge is -2.35. The Morgan fingerprint density at radius 2 is 1.60 bits per heavy atom. The summed E-state index contributed by atoms with van der Waals surface area (Å²) in [7, 11) is -3.40. The second kappa shape index (κ2) is 9.11. The van der Waals surface area contributed by atoms with Gasteiger partial charge in [0.25, 0.3) is 16.1 Å². The smallest absolute Gasteiger partial charge is 0.282 e. The molecule has 2 aliphatic rings. The molecule has 8 nitrogen and oxygen atoms in total. The Hall–Kier alpha value is -2.49. The molecule has 2 aliphatic heterocycles. The Morgan fingerprint density at radius 3 is 2.23 bits per heavy atom. The summed E-state index contributed by atoms with van der Waals surface area (Å²) < 4.78 is 34.1. The summed E-state index contributed by atoms with van der Waals surface area (Å²) in [6.45, 7) is 3.05. The maximum Gasteiger partial charge on any atom is 0.282 e. The first-order chi connectivity index (χ1) is 14.5. The van der Waals surface area contributed by atoms with Crippen LogP contribution in [0.25, 0.3) is 0 Å². The van der Waals surface area contributed by atoms with Crippen LogP contribution >= 0.6 is 0 Å². The molecule has 0 radical (unpaired) electrons. The standard InChI is InChI=1S/C21H26N4O4S/c26-21(19-5-7-20(8-6-19)29-17-18-4-3-9-22-16-18)23-12-14-25(15-13-23)30(27,28)24-10-1-2-11-24/h3-9,16H,1-2,10-15,17H2. The van der Waals surface area contributed by atoms with Gasteiger partial charge in [0.1, 0.15) is 12.4 Å². The van der Waals surface area contributed by atoms with E-state index in [4.69, 9.17) is 4.74 Å². The summed E-state index contributed by atoms with van der Waals surface area (Å²) in [6, 6.07) is 10.8. The van der Waals surface area contributed by atoms with Crippen LogP contribution < -0.4 is 4.74 Å². The molecule has 0 saturated carbocycles. The number of hydrogen-bond donors (Lipinski definition) is 0. The molecule has 2 saturated heterocycles. The molecule has 1 aromatic heterocycles. The number of rotatable bonds is 6. The molecule has 0 atom stereocenters. The zero-order valence-electron chi connectivity index (χ0n) is 16.8. The van der Waals surface area contributed by atoms with Crippen molar-refractivity contribution in [3.8, 4) is 5.75 Å². The van der Waals surface area contributed by atoms with Gasteiger partial charge in [-0.05, 0) is 43.2 Å². The molecular weight excluding hydrogens is 404 g/mol. The minimum absolute atomic E-state index is 0.0907. The Balaban J connectivity index is 1.30. The minimum atomic E-state index is -3.40. The number of aromatic nitrogens is 1. The van der Waals surface area contributed by atoms with Gasteiger partial charge < -0.3 is 9.64 Å². The predicted octanol–water partition coefficient (Wildman–Crippen LogP) is 1.76. The molecule has 4 rings (SSSR count). The molecule has 1 amide bonds. The van der Waals surface area contributed by atoms with Gasteiger partial charge in [-0.15, -0.1) is 0 Å². The lowest BCUT2D eigenvalue weighted by molar-refractivity contribution is 0.0694. The number of amides is 1. The van der Waals surface area contributed by atoms with E-state index in [9.17, 15) is 13.2 Å². The third-order valence-electron chi connectivity index (χ3n) is 5.47. The first-order valence-corrected chi connectivity index (χ1v) is 11.6. The van der Waals surface area contributed by atoms with Crippen molar-refractivity contribution in [1.82, 2.24) is 18.5 Å². The van der Waals surface area contributed by atoms with E-state index in [-0.39, 0.29) is 5.91 Å². The monoisotopic (exact) mass is 430 g/mol. The molecule has 2 aromatic rings. The number of carbonyl (C=O) groups excluding carboxylic acids is 1. The lowest BCUT2D eigenvalue weighted by atomic mass is 10.2. The topological polar surface area (TPSA) is 83.0 Å². The van der Waals surface area contributed by atoms with E-state index in [0.29, 0.717) is 57.2 Å². The normalized spacial score (nSPS) is 18.5. The van der Waals surface area contributed by atoms with Crippen LogP contribution in [0.2, 0.25) is 0 Å². The molecule has 160 valence electrons. The van der Waals surface area contributed by atoms with Crippen LogP contribution in [0.15, 0.2) is 48.8 Å². The van der Waals surface area contributed by atoms with E-state index in [1.54, 1.807) is 45.9 Å². The molecule has 0 spiro atoms. The van der Waals surface area contributed by atoms with Crippen LogP contribution in [-0.2, 0) is 16.8 Å². The van der Waals surface area contributed by atoms with Crippen LogP contribution in [0.3, 0.4) is 0 Å². The second-order valence-corrected chi connectivity index (χ2v) is 9.41. The van der Waals surface area contributed by atoms with E-state index < -0.39 is 10.2 Å². The van der Waals surface area contributed by atoms with Crippen LogP contribution in [0, 0.1) is 0 Å². The van der Waals surface area contributed by atoms with E-state index in [1.807, 2.05) is 12.1 Å². The number of nitrogens with zero attached hydrogens (tertiary/aromatic N) is 4. The van der Waals surface area contributed by atoms with Gasteiger partial charge in [0.2, 0.25) is 0 Å². The zero-order valence-corrected chi connectivity index (χ0v) is 17.6. The molecular formula is C21H26N4O4S. The highest BCUT2D eigenvalue weighted by atomic mass is 32.2. The first-order valence-electron chi connectivity index (χ1n) is 10.2. The Morgan fingerprint density at radius 1 is 0.933 bits per heavy atom. The summed E-state index contributed by atoms with van der Waals surface area (Å²) in [4.78, 5) is 18.6. The largest absolute Gasteiger partial charge is 0.489 e. The molecule has 0 unspecified atom stereocenters. The highest BCUT2D eigenvalue weighted by Crippen LogP contribution is 2.20. The van der Waals surface area contributed by atoms with Gasteiger partial charge in [0.15, 0.2) is 0 Å². The van der Waals surface area contributed by atoms with E-state index >= 15 is 0 Å². The van der Waals surface area contributed by atoms with Crippen LogP contribution in [0.1, 0.15) is 28.8 Å². The van der Waals surface area contributed by atoms with Crippen molar-refractivity contribution in [2.45, 2.75) is 19.4 Å². The molecule has 0 bridgehead atoms. The number of pyridine rings is 1. The summed E-state index contributed by atoms with van der Waals surface area (Å²) >= 11 is 0. The highest BCUT2D eigenvalue weighted by Gasteiger charge is 2.34. The van der Waals surface area contributed by atoms with Crippen molar-refractivity contribution in [3.05, 3.63) is 59.9 Å². The highest BCUT2D eigenvalue weighted by molar-refractivity contribution is 7.86. The Kier molecular flexibility index (Phi) is 6.31. The predicted molar refractivity (Wildman–Crippen MR) is 112 cm³/mol. The Labute approximate surface area is 177 Å². The summed E-state index contributed by atoms with van der Waals surface area (Å²) in [5.41, 5.74) is 1.54. The van der Waals surface area contributed by atoms with Crippen molar-refractivity contribution in [3.63, 3.8) is 0 Å². The third-order valence-corrected chi connectivity index (χ3v) is 7.51. The fraction of sp³-hybridized carbons (Fsp3) is 0.429. The van der Waals surface area contributed by atoms with Gasteiger partial charge in [-0.3, -0.25) is 9.78 Å². The summed E-state index contributed by atoms with van der Waals surface area (Å²) in [5.74, 6) is 0.587. The van der Waals surface area contributed by atoms with Gasteiger partial charge in [-0.1, -0.05) is 6.07 Å². The number of ether oxygens (including phenoxy) is 1. The third kappa shape index (κ3) is 4.63. The number of piperazine rings is 1. The summed E-state index contributed by atoms with van der Waals surface area (Å²) in [5, 5.41) is 0. The van der Waals surface area contributed by atoms with Crippen LogP contribution in [-0.4, -0.2) is 72.1 Å². The van der Waals surface area contributed by atoms with Crippen LogP contribution in [0.4, 0.5) is 0 Å². The molecule has 0 aliphatic carbocycles. The second-order valence-electron chi connectivity index (χ2n) is 7.48. The van der Waals surface area contributed by atoms with Gasteiger partial charge >= 0.3 is 0 Å². The fourth-order valence-corrected chi connectivity index (χ4v) is 5.40. The summed E-state index contributed by atoms with van der Waals surface area (Å²) in [6.07, 6.45) is 5.30. The molecule has 2 fully saturated rings. The molecule has 0 N–H and O–H groups in total. The van der Waals surface area contributed by atoms with Gasteiger partial charge in [-0.2, -0.15) is 17.0 Å². The van der Waals surface area contributed by atoms with E-state index in [2.05, 4.69) is 4.98 Å². The molecule has 1 aromatic carbocycles. The number of benzene rings is 1. The average molecular weight is 431 g/mol. The Bertz CT molecular complexity index is 952. The van der Waals surface area contributed by atoms with Gasteiger partial charge in [0.05, 0.1) is 0 Å². The molecule has 9 heteroatoms. The van der Waals surface area contributed by atoms with Gasteiger partial charge in [-0.25, -0.2) is 0 Å². The maximum atomic E-state index is 12.8. The van der Waals surface area contributed by atoms with Crippen molar-refractivity contribution >= 4 is 16.1 Å². The van der Waals surface area contributed by atoms with Crippen molar-refractivity contribution in [1.29, 1.82) is 0 Å². The quantitative estimate of drug-likeness (QED) is 0.697. The van der Waals surface area contributed by atoms with Crippen molar-refractivity contribution in [2.24, 2.45) is 0 Å². The number of hydrogen-bond acceptors (Lipinski definition) is 5. The number of carbonyl (C=O) groups is 1. The SMILES string of the molecule is O=C(c1ccc(OCc2cccnc2)cc1)N1CCN(S(=O)(=O)N2CCCC2)CC1. The van der Waals surface area contributed by atoms with E-state index in [1.165, 1.54) is 4.31 Å². The fourth-order valence-electron chi connectivity index (χ4n) is 3.73. The molecule has 30 heavy (non-hydrogen) atoms. The minimum Gasteiger partial charge on any atom is -0.489 e. The average Bonchev–Trinajstić information content (AvgIpc) is 3.34. The molecule has 3 heterocycles.